The highest BCUT2D eigenvalue weighted by Crippen LogP contribution is 2.28. The van der Waals surface area contributed by atoms with E-state index in [1.807, 2.05) is 0 Å². The Hall–Kier alpha value is -2.21. The number of carbonyl (C=O) groups excluding carboxylic acids is 1. The molecule has 0 fully saturated rings. The van der Waals surface area contributed by atoms with Gasteiger partial charge in [0.25, 0.3) is 5.91 Å². The molecule has 11 heteroatoms. The lowest BCUT2D eigenvalue weighted by Gasteiger charge is -2.10. The Kier molecular flexibility index (Phi) is 7.54. The quantitative estimate of drug-likeness (QED) is 0.249. The number of carbonyl (C=O) groups is 1. The van der Waals surface area contributed by atoms with Crippen LogP contribution < -0.4 is 14.9 Å². The first-order valence-corrected chi connectivity index (χ1v) is 10.0. The standard InChI is InChI=1S/C16H16F2N2O5S2/c17-13-8-11(9-14(18)16(13)25-10-15(21)20-22)26-7-6-19-27(23,24)12-4-2-1-3-5-12/h1-5,8-9,19,22H,6-7,10H2,(H,20,21). The summed E-state index contributed by atoms with van der Waals surface area (Å²) in [6.45, 7) is -0.696. The van der Waals surface area contributed by atoms with Crippen molar-refractivity contribution < 1.29 is 31.9 Å². The fourth-order valence-electron chi connectivity index (χ4n) is 1.96. The number of ether oxygens (including phenoxy) is 1. The van der Waals surface area contributed by atoms with Crippen LogP contribution in [0.25, 0.3) is 0 Å². The summed E-state index contributed by atoms with van der Waals surface area (Å²) >= 11 is 1.04. The van der Waals surface area contributed by atoms with Gasteiger partial charge in [-0.1, -0.05) is 18.2 Å². The third-order valence-corrected chi connectivity index (χ3v) is 5.61. The second-order valence-corrected chi connectivity index (χ2v) is 8.03. The normalized spacial score (nSPS) is 11.2. The SMILES string of the molecule is O=C(COc1c(F)cc(SCCNS(=O)(=O)c2ccccc2)cc1F)NO. The Labute approximate surface area is 158 Å². The van der Waals surface area contributed by atoms with Crippen LogP contribution in [0.5, 0.6) is 5.75 Å². The van der Waals surface area contributed by atoms with Gasteiger partial charge in [0.05, 0.1) is 4.90 Å². The smallest absolute Gasteiger partial charge is 0.281 e. The first-order valence-electron chi connectivity index (χ1n) is 7.56. The molecule has 2 aromatic rings. The maximum atomic E-state index is 13.9. The molecule has 146 valence electrons. The van der Waals surface area contributed by atoms with E-state index < -0.39 is 39.9 Å². The molecule has 7 nitrogen and oxygen atoms in total. The van der Waals surface area contributed by atoms with Crippen LogP contribution in [0.3, 0.4) is 0 Å². The second-order valence-electron chi connectivity index (χ2n) is 5.10. The molecule has 0 spiro atoms. The van der Waals surface area contributed by atoms with Crippen molar-refractivity contribution in [2.75, 3.05) is 18.9 Å². The van der Waals surface area contributed by atoms with E-state index in [1.54, 1.807) is 18.2 Å². The second kappa shape index (κ2) is 9.65. The van der Waals surface area contributed by atoms with E-state index in [1.165, 1.54) is 17.6 Å². The van der Waals surface area contributed by atoms with Gasteiger partial charge in [-0.2, -0.15) is 0 Å². The van der Waals surface area contributed by atoms with E-state index in [-0.39, 0.29) is 22.1 Å². The van der Waals surface area contributed by atoms with Crippen LogP contribution in [0.15, 0.2) is 52.3 Å². The van der Waals surface area contributed by atoms with Crippen molar-refractivity contribution in [2.45, 2.75) is 9.79 Å². The molecular weight excluding hydrogens is 402 g/mol. The lowest BCUT2D eigenvalue weighted by molar-refractivity contribution is -0.131. The molecular formula is C16H16F2N2O5S2. The topological polar surface area (TPSA) is 105 Å². The molecule has 2 aromatic carbocycles. The van der Waals surface area contributed by atoms with E-state index in [0.717, 1.165) is 23.9 Å². The third kappa shape index (κ3) is 6.17. The molecule has 0 aliphatic heterocycles. The number of rotatable bonds is 9. The average molecular weight is 418 g/mol. The largest absolute Gasteiger partial charge is 0.478 e. The van der Waals surface area contributed by atoms with Crippen LogP contribution in [-0.2, 0) is 14.8 Å². The number of hydrogen-bond acceptors (Lipinski definition) is 6. The van der Waals surface area contributed by atoms with Gasteiger partial charge >= 0.3 is 0 Å². The van der Waals surface area contributed by atoms with Crippen LogP contribution in [0.2, 0.25) is 0 Å². The first-order chi connectivity index (χ1) is 12.8. The molecule has 0 heterocycles. The maximum Gasteiger partial charge on any atom is 0.281 e. The number of amides is 1. The van der Waals surface area contributed by atoms with Gasteiger partial charge in [-0.05, 0) is 24.3 Å². The van der Waals surface area contributed by atoms with Gasteiger partial charge in [0.2, 0.25) is 10.0 Å². The number of benzene rings is 2. The summed E-state index contributed by atoms with van der Waals surface area (Å²) < 4.78 is 59.0. The minimum Gasteiger partial charge on any atom is -0.478 e. The summed E-state index contributed by atoms with van der Waals surface area (Å²) in [5, 5.41) is 8.33. The van der Waals surface area contributed by atoms with Crippen molar-refractivity contribution >= 4 is 27.7 Å². The van der Waals surface area contributed by atoms with E-state index >= 15 is 0 Å². The Morgan fingerprint density at radius 2 is 1.78 bits per heavy atom. The highest BCUT2D eigenvalue weighted by atomic mass is 32.2. The molecule has 1 amide bonds. The summed E-state index contributed by atoms with van der Waals surface area (Å²) in [5.41, 5.74) is 1.27. The van der Waals surface area contributed by atoms with Crippen molar-refractivity contribution in [1.29, 1.82) is 0 Å². The average Bonchev–Trinajstić information content (AvgIpc) is 2.65. The Balaban J connectivity index is 1.90. The third-order valence-electron chi connectivity index (χ3n) is 3.16. The molecule has 0 radical (unpaired) electrons. The van der Waals surface area contributed by atoms with E-state index in [0.29, 0.717) is 0 Å². The maximum absolute atomic E-state index is 13.9. The summed E-state index contributed by atoms with van der Waals surface area (Å²) in [4.78, 5) is 11.2. The molecule has 3 N–H and O–H groups in total. The Morgan fingerprint density at radius 1 is 1.15 bits per heavy atom. The highest BCUT2D eigenvalue weighted by Gasteiger charge is 2.15. The minimum absolute atomic E-state index is 0.0556. The van der Waals surface area contributed by atoms with Gasteiger partial charge < -0.3 is 4.74 Å². The summed E-state index contributed by atoms with van der Waals surface area (Å²) in [5.74, 6) is -3.51. The first kappa shape index (κ1) is 21.1. The van der Waals surface area contributed by atoms with E-state index in [4.69, 9.17) is 5.21 Å². The zero-order valence-electron chi connectivity index (χ0n) is 13.8. The van der Waals surface area contributed by atoms with Crippen LogP contribution in [0, 0.1) is 11.6 Å². The number of hydrogen-bond donors (Lipinski definition) is 3. The van der Waals surface area contributed by atoms with Gasteiger partial charge in [0, 0.05) is 17.2 Å². The number of hydroxylamine groups is 1. The summed E-state index contributed by atoms with van der Waals surface area (Å²) in [7, 11) is -3.65. The predicted molar refractivity (Wildman–Crippen MR) is 94.1 cm³/mol. The minimum atomic E-state index is -3.65. The number of nitrogens with one attached hydrogen (secondary N) is 2. The fourth-order valence-corrected chi connectivity index (χ4v) is 3.95. The summed E-state index contributed by atoms with van der Waals surface area (Å²) in [6, 6.07) is 9.82. The molecule has 0 saturated heterocycles. The summed E-state index contributed by atoms with van der Waals surface area (Å²) in [6.07, 6.45) is 0. The molecule has 0 aliphatic rings. The lowest BCUT2D eigenvalue weighted by Crippen LogP contribution is -2.26. The predicted octanol–water partition coefficient (Wildman–Crippen LogP) is 1.92. The molecule has 27 heavy (non-hydrogen) atoms. The van der Waals surface area contributed by atoms with Gasteiger partial charge in [-0.15, -0.1) is 11.8 Å². The molecule has 0 aliphatic carbocycles. The molecule has 0 unspecified atom stereocenters. The zero-order valence-corrected chi connectivity index (χ0v) is 15.4. The van der Waals surface area contributed by atoms with E-state index in [9.17, 15) is 22.0 Å². The van der Waals surface area contributed by atoms with Crippen molar-refractivity contribution in [3.63, 3.8) is 0 Å². The monoisotopic (exact) mass is 418 g/mol. The lowest BCUT2D eigenvalue weighted by atomic mass is 10.3. The van der Waals surface area contributed by atoms with Crippen LogP contribution in [0.1, 0.15) is 0 Å². The molecule has 0 bridgehead atoms. The Bertz CT molecular complexity index is 872. The van der Waals surface area contributed by atoms with Gasteiger partial charge in [-0.3, -0.25) is 10.0 Å². The van der Waals surface area contributed by atoms with Gasteiger partial charge in [0.1, 0.15) is 0 Å². The van der Waals surface area contributed by atoms with Crippen molar-refractivity contribution in [2.24, 2.45) is 0 Å². The molecule has 0 saturated carbocycles. The zero-order chi connectivity index (χ0) is 19.9. The molecule has 0 atom stereocenters. The van der Waals surface area contributed by atoms with Crippen LogP contribution in [-0.4, -0.2) is 38.4 Å². The number of sulfonamides is 1. The molecule has 0 aromatic heterocycles. The number of thioether (sulfide) groups is 1. The Morgan fingerprint density at radius 3 is 2.37 bits per heavy atom. The fraction of sp³-hybridized carbons (Fsp3) is 0.188. The van der Waals surface area contributed by atoms with Crippen molar-refractivity contribution in [3.05, 3.63) is 54.1 Å². The van der Waals surface area contributed by atoms with Crippen LogP contribution in [0.4, 0.5) is 8.78 Å². The van der Waals surface area contributed by atoms with Crippen molar-refractivity contribution in [1.82, 2.24) is 10.2 Å². The van der Waals surface area contributed by atoms with Gasteiger partial charge in [0.15, 0.2) is 24.0 Å². The van der Waals surface area contributed by atoms with Crippen molar-refractivity contribution in [3.8, 4) is 5.75 Å². The molecule has 2 rings (SSSR count). The van der Waals surface area contributed by atoms with E-state index in [2.05, 4.69) is 9.46 Å². The number of halogens is 2. The van der Waals surface area contributed by atoms with Gasteiger partial charge in [-0.25, -0.2) is 27.4 Å². The highest BCUT2D eigenvalue weighted by molar-refractivity contribution is 7.99. The van der Waals surface area contributed by atoms with Crippen LogP contribution >= 0.6 is 11.8 Å².